The fourth-order valence-corrected chi connectivity index (χ4v) is 3.07. The zero-order valence-electron chi connectivity index (χ0n) is 12.6. The van der Waals surface area contributed by atoms with Gasteiger partial charge in [0.05, 0.1) is 6.26 Å². The van der Waals surface area contributed by atoms with Crippen LogP contribution < -0.4 is 5.32 Å². The number of furan rings is 1. The molecule has 0 aliphatic heterocycles. The third kappa shape index (κ3) is 3.25. The van der Waals surface area contributed by atoms with Crippen molar-refractivity contribution >= 4 is 11.6 Å². The highest BCUT2D eigenvalue weighted by Crippen LogP contribution is 2.29. The standard InChI is InChI=1S/C17H22ClNO/c1-5-19-16(14-6-7-20-17(14)18)10-15-12(3)8-11(2)9-13(15)4/h6-9,16,19H,5,10H2,1-4H3. The third-order valence-corrected chi connectivity index (χ3v) is 4.03. The van der Waals surface area contributed by atoms with Crippen molar-refractivity contribution in [1.82, 2.24) is 5.32 Å². The Labute approximate surface area is 126 Å². The van der Waals surface area contributed by atoms with Crippen molar-refractivity contribution in [3.63, 3.8) is 0 Å². The first-order valence-corrected chi connectivity index (χ1v) is 7.43. The maximum Gasteiger partial charge on any atom is 0.197 e. The van der Waals surface area contributed by atoms with Crippen molar-refractivity contribution in [3.05, 3.63) is 57.5 Å². The van der Waals surface area contributed by atoms with Gasteiger partial charge in [-0.1, -0.05) is 24.6 Å². The van der Waals surface area contributed by atoms with E-state index in [1.807, 2.05) is 6.07 Å². The third-order valence-electron chi connectivity index (χ3n) is 3.72. The smallest absolute Gasteiger partial charge is 0.197 e. The highest BCUT2D eigenvalue weighted by molar-refractivity contribution is 6.29. The van der Waals surface area contributed by atoms with E-state index in [1.165, 1.54) is 22.3 Å². The Bertz CT molecular complexity index is 565. The molecule has 2 rings (SSSR count). The lowest BCUT2D eigenvalue weighted by atomic mass is 9.92. The zero-order valence-corrected chi connectivity index (χ0v) is 13.3. The molecule has 2 nitrogen and oxygen atoms in total. The van der Waals surface area contributed by atoms with Crippen LogP contribution in [-0.4, -0.2) is 6.54 Å². The van der Waals surface area contributed by atoms with Crippen LogP contribution in [0.25, 0.3) is 0 Å². The summed E-state index contributed by atoms with van der Waals surface area (Å²) < 4.78 is 5.23. The summed E-state index contributed by atoms with van der Waals surface area (Å²) in [5.74, 6) is 0. The maximum absolute atomic E-state index is 6.13. The molecule has 1 aromatic heterocycles. The van der Waals surface area contributed by atoms with E-state index >= 15 is 0 Å². The first-order chi connectivity index (χ1) is 9.52. The lowest BCUT2D eigenvalue weighted by molar-refractivity contribution is 0.525. The van der Waals surface area contributed by atoms with E-state index in [4.69, 9.17) is 16.0 Å². The van der Waals surface area contributed by atoms with Crippen LogP contribution in [-0.2, 0) is 6.42 Å². The van der Waals surface area contributed by atoms with Crippen LogP contribution in [0.4, 0.5) is 0 Å². The number of aryl methyl sites for hydroxylation is 3. The van der Waals surface area contributed by atoms with Crippen molar-refractivity contribution < 1.29 is 4.42 Å². The SMILES string of the molecule is CCNC(Cc1c(C)cc(C)cc1C)c1ccoc1Cl. The van der Waals surface area contributed by atoms with Crippen LogP contribution in [0.2, 0.25) is 5.22 Å². The zero-order chi connectivity index (χ0) is 14.7. The monoisotopic (exact) mass is 291 g/mol. The largest absolute Gasteiger partial charge is 0.453 e. The van der Waals surface area contributed by atoms with Gasteiger partial charge in [0.2, 0.25) is 0 Å². The van der Waals surface area contributed by atoms with Crippen LogP contribution in [0.5, 0.6) is 0 Å². The molecule has 0 bridgehead atoms. The Morgan fingerprint density at radius 1 is 1.20 bits per heavy atom. The van der Waals surface area contributed by atoms with Gasteiger partial charge in [0.1, 0.15) is 0 Å². The molecule has 1 aromatic carbocycles. The molecule has 1 atom stereocenters. The predicted octanol–water partition coefficient (Wildman–Crippen LogP) is 4.75. The summed E-state index contributed by atoms with van der Waals surface area (Å²) in [6.07, 6.45) is 2.57. The van der Waals surface area contributed by atoms with Crippen LogP contribution in [0.3, 0.4) is 0 Å². The number of rotatable bonds is 5. The minimum Gasteiger partial charge on any atom is -0.453 e. The summed E-state index contributed by atoms with van der Waals surface area (Å²) in [4.78, 5) is 0. The summed E-state index contributed by atoms with van der Waals surface area (Å²) in [6.45, 7) is 9.50. The molecule has 20 heavy (non-hydrogen) atoms. The average molecular weight is 292 g/mol. The quantitative estimate of drug-likeness (QED) is 0.860. The van der Waals surface area contributed by atoms with E-state index in [0.29, 0.717) is 5.22 Å². The van der Waals surface area contributed by atoms with E-state index in [-0.39, 0.29) is 6.04 Å². The molecule has 0 fully saturated rings. The van der Waals surface area contributed by atoms with Gasteiger partial charge in [0, 0.05) is 11.6 Å². The Balaban J connectivity index is 2.32. The molecule has 1 N–H and O–H groups in total. The molecular weight excluding hydrogens is 270 g/mol. The molecule has 2 aromatic rings. The normalized spacial score (nSPS) is 12.7. The molecule has 0 radical (unpaired) electrons. The first kappa shape index (κ1) is 15.1. The number of likely N-dealkylation sites (N-methyl/N-ethyl adjacent to an activating group) is 1. The van der Waals surface area contributed by atoms with Gasteiger partial charge < -0.3 is 9.73 Å². The van der Waals surface area contributed by atoms with Crippen LogP contribution in [0.1, 0.15) is 40.8 Å². The number of hydrogen-bond acceptors (Lipinski definition) is 2. The highest BCUT2D eigenvalue weighted by Gasteiger charge is 2.18. The topological polar surface area (TPSA) is 25.2 Å². The van der Waals surface area contributed by atoms with E-state index < -0.39 is 0 Å². The van der Waals surface area contributed by atoms with Crippen molar-refractivity contribution in [2.24, 2.45) is 0 Å². The molecule has 0 saturated heterocycles. The summed E-state index contributed by atoms with van der Waals surface area (Å²) >= 11 is 6.13. The number of hydrogen-bond donors (Lipinski definition) is 1. The van der Waals surface area contributed by atoms with Gasteiger partial charge in [-0.15, -0.1) is 0 Å². The maximum atomic E-state index is 6.13. The van der Waals surface area contributed by atoms with Crippen LogP contribution >= 0.6 is 11.6 Å². The molecule has 0 spiro atoms. The van der Waals surface area contributed by atoms with E-state index in [2.05, 4.69) is 45.1 Å². The minimum atomic E-state index is 0.186. The van der Waals surface area contributed by atoms with Gasteiger partial charge in [0.25, 0.3) is 0 Å². The van der Waals surface area contributed by atoms with Crippen molar-refractivity contribution in [2.75, 3.05) is 6.54 Å². The molecule has 108 valence electrons. The predicted molar refractivity (Wildman–Crippen MR) is 84.5 cm³/mol. The molecule has 1 unspecified atom stereocenters. The summed E-state index contributed by atoms with van der Waals surface area (Å²) in [6, 6.07) is 6.62. The number of benzene rings is 1. The molecule has 0 aliphatic rings. The van der Waals surface area contributed by atoms with Gasteiger partial charge in [-0.3, -0.25) is 0 Å². The lowest BCUT2D eigenvalue weighted by Gasteiger charge is -2.20. The molecular formula is C17H22ClNO. The van der Waals surface area contributed by atoms with Gasteiger partial charge in [-0.2, -0.15) is 0 Å². The Kier molecular flexibility index (Phi) is 4.90. The number of nitrogens with one attached hydrogen (secondary N) is 1. The fraction of sp³-hybridized carbons (Fsp3) is 0.412. The Hall–Kier alpha value is -1.25. The van der Waals surface area contributed by atoms with E-state index in [1.54, 1.807) is 6.26 Å². The molecule has 3 heteroatoms. The van der Waals surface area contributed by atoms with Crippen LogP contribution in [0, 0.1) is 20.8 Å². The lowest BCUT2D eigenvalue weighted by Crippen LogP contribution is -2.23. The second-order valence-corrected chi connectivity index (χ2v) is 5.68. The molecule has 0 aliphatic carbocycles. The molecule has 0 saturated carbocycles. The summed E-state index contributed by atoms with van der Waals surface area (Å²) in [5.41, 5.74) is 6.41. The highest BCUT2D eigenvalue weighted by atomic mass is 35.5. The second kappa shape index (κ2) is 6.47. The summed E-state index contributed by atoms with van der Waals surface area (Å²) in [5, 5.41) is 3.98. The van der Waals surface area contributed by atoms with Crippen LogP contribution in [0.15, 0.2) is 28.9 Å². The Morgan fingerprint density at radius 2 is 1.85 bits per heavy atom. The van der Waals surface area contributed by atoms with Crippen molar-refractivity contribution in [3.8, 4) is 0 Å². The Morgan fingerprint density at radius 3 is 2.35 bits per heavy atom. The molecule has 0 amide bonds. The van der Waals surface area contributed by atoms with Crippen molar-refractivity contribution in [1.29, 1.82) is 0 Å². The fourth-order valence-electron chi connectivity index (χ4n) is 2.83. The molecule has 1 heterocycles. The second-order valence-electron chi connectivity index (χ2n) is 5.34. The first-order valence-electron chi connectivity index (χ1n) is 7.06. The van der Waals surface area contributed by atoms with Gasteiger partial charge >= 0.3 is 0 Å². The van der Waals surface area contributed by atoms with Gasteiger partial charge in [-0.05, 0) is 68.1 Å². The van der Waals surface area contributed by atoms with Gasteiger partial charge in [0.15, 0.2) is 5.22 Å². The van der Waals surface area contributed by atoms with E-state index in [9.17, 15) is 0 Å². The van der Waals surface area contributed by atoms with Gasteiger partial charge in [-0.25, -0.2) is 0 Å². The number of halogens is 1. The average Bonchev–Trinajstić information content (AvgIpc) is 2.78. The van der Waals surface area contributed by atoms with E-state index in [0.717, 1.165) is 18.5 Å². The summed E-state index contributed by atoms with van der Waals surface area (Å²) in [7, 11) is 0. The van der Waals surface area contributed by atoms with Crippen molar-refractivity contribution in [2.45, 2.75) is 40.2 Å². The minimum absolute atomic E-state index is 0.186.